The molecule has 0 bridgehead atoms. The lowest BCUT2D eigenvalue weighted by molar-refractivity contribution is -0.259. The Morgan fingerprint density at radius 1 is 0.773 bits per heavy atom. The summed E-state index contributed by atoms with van der Waals surface area (Å²) < 4.78 is 22.8. The minimum Gasteiger partial charge on any atom is -0.346 e. The quantitative estimate of drug-likeness (QED) is 0.736. The Labute approximate surface area is 130 Å². The number of benzene rings is 2. The third-order valence-corrected chi connectivity index (χ3v) is 3.38. The van der Waals surface area contributed by atoms with E-state index < -0.39 is 12.6 Å². The van der Waals surface area contributed by atoms with Crippen LogP contribution in [0, 0.1) is 0 Å². The van der Waals surface area contributed by atoms with E-state index in [9.17, 15) is 0 Å². The highest BCUT2D eigenvalue weighted by atomic mass is 16.8. The Bertz CT molecular complexity index is 494. The van der Waals surface area contributed by atoms with E-state index in [0.29, 0.717) is 26.4 Å². The first-order valence-corrected chi connectivity index (χ1v) is 7.46. The molecule has 0 amide bonds. The van der Waals surface area contributed by atoms with Crippen molar-refractivity contribution in [3.05, 3.63) is 71.8 Å². The van der Waals surface area contributed by atoms with Crippen molar-refractivity contribution in [3.8, 4) is 0 Å². The van der Waals surface area contributed by atoms with Gasteiger partial charge in [0.2, 0.25) is 12.6 Å². The zero-order chi connectivity index (χ0) is 15.0. The molecule has 1 fully saturated rings. The average molecular weight is 300 g/mol. The summed E-state index contributed by atoms with van der Waals surface area (Å²) in [6.07, 6.45) is -1.00. The van der Waals surface area contributed by atoms with Crippen LogP contribution < -0.4 is 0 Å². The minimum atomic E-state index is -0.539. The lowest BCUT2D eigenvalue weighted by atomic mass is 10.2. The van der Waals surface area contributed by atoms with Crippen molar-refractivity contribution in [2.45, 2.75) is 25.8 Å². The van der Waals surface area contributed by atoms with E-state index in [1.165, 1.54) is 0 Å². The molecule has 2 aromatic rings. The minimum absolute atomic E-state index is 0.462. The lowest BCUT2D eigenvalue weighted by Gasteiger charge is -2.23. The fraction of sp³-hybridized carbons (Fsp3) is 0.333. The highest BCUT2D eigenvalue weighted by molar-refractivity contribution is 5.14. The molecule has 4 nitrogen and oxygen atoms in total. The summed E-state index contributed by atoms with van der Waals surface area (Å²) in [5.41, 5.74) is 2.18. The summed E-state index contributed by atoms with van der Waals surface area (Å²) in [4.78, 5) is 0. The van der Waals surface area contributed by atoms with E-state index in [2.05, 4.69) is 0 Å². The molecule has 0 aromatic heterocycles. The molecule has 0 N–H and O–H groups in total. The van der Waals surface area contributed by atoms with Crippen LogP contribution in [0.5, 0.6) is 0 Å². The van der Waals surface area contributed by atoms with Gasteiger partial charge in [-0.25, -0.2) is 0 Å². The van der Waals surface area contributed by atoms with E-state index in [4.69, 9.17) is 18.9 Å². The highest BCUT2D eigenvalue weighted by Crippen LogP contribution is 2.17. The van der Waals surface area contributed by atoms with E-state index in [0.717, 1.165) is 11.1 Å². The van der Waals surface area contributed by atoms with Crippen LogP contribution in [0.3, 0.4) is 0 Å². The number of ether oxygens (including phenoxy) is 4. The molecule has 1 aliphatic heterocycles. The SMILES string of the molecule is c1ccc(COC(OCc2ccccc2)C2OCCO2)cc1. The topological polar surface area (TPSA) is 36.9 Å². The zero-order valence-electron chi connectivity index (χ0n) is 12.4. The molecular weight excluding hydrogens is 280 g/mol. The standard InChI is InChI=1S/C18H20O4/c1-3-7-15(8-4-1)13-21-18(17-19-11-12-20-17)22-14-16-9-5-2-6-10-16/h1-10,17-18H,11-14H2. The van der Waals surface area contributed by atoms with Crippen LogP contribution in [0.1, 0.15) is 11.1 Å². The molecule has 1 saturated heterocycles. The summed E-state index contributed by atoms with van der Waals surface area (Å²) in [5, 5.41) is 0. The molecule has 2 aromatic carbocycles. The van der Waals surface area contributed by atoms with Gasteiger partial charge in [0, 0.05) is 0 Å². The van der Waals surface area contributed by atoms with Crippen LogP contribution in [0.2, 0.25) is 0 Å². The molecular formula is C18H20O4. The second-order valence-electron chi connectivity index (χ2n) is 5.07. The Hall–Kier alpha value is -1.72. The first-order valence-electron chi connectivity index (χ1n) is 7.46. The summed E-state index contributed by atoms with van der Waals surface area (Å²) in [5.74, 6) is 0. The molecule has 0 radical (unpaired) electrons. The molecule has 0 spiro atoms. The van der Waals surface area contributed by atoms with Crippen molar-refractivity contribution in [2.24, 2.45) is 0 Å². The van der Waals surface area contributed by atoms with Gasteiger partial charge in [0.1, 0.15) is 0 Å². The molecule has 0 atom stereocenters. The van der Waals surface area contributed by atoms with E-state index in [-0.39, 0.29) is 0 Å². The maximum Gasteiger partial charge on any atom is 0.210 e. The predicted molar refractivity (Wildman–Crippen MR) is 81.9 cm³/mol. The zero-order valence-corrected chi connectivity index (χ0v) is 12.4. The Balaban J connectivity index is 1.57. The van der Waals surface area contributed by atoms with Crippen molar-refractivity contribution in [3.63, 3.8) is 0 Å². The van der Waals surface area contributed by atoms with Crippen LogP contribution in [-0.4, -0.2) is 25.8 Å². The molecule has 0 saturated carbocycles. The first kappa shape index (κ1) is 15.2. The van der Waals surface area contributed by atoms with Gasteiger partial charge in [-0.05, 0) is 11.1 Å². The summed E-state index contributed by atoms with van der Waals surface area (Å²) in [6, 6.07) is 20.0. The Morgan fingerprint density at radius 3 is 1.68 bits per heavy atom. The van der Waals surface area contributed by atoms with Crippen LogP contribution in [0.4, 0.5) is 0 Å². The van der Waals surface area contributed by atoms with Crippen LogP contribution in [0.15, 0.2) is 60.7 Å². The molecule has 0 unspecified atom stereocenters. The molecule has 1 aliphatic rings. The fourth-order valence-corrected chi connectivity index (χ4v) is 2.24. The smallest absolute Gasteiger partial charge is 0.210 e. The van der Waals surface area contributed by atoms with E-state index in [1.807, 2.05) is 60.7 Å². The van der Waals surface area contributed by atoms with Crippen molar-refractivity contribution < 1.29 is 18.9 Å². The highest BCUT2D eigenvalue weighted by Gasteiger charge is 2.28. The van der Waals surface area contributed by atoms with Gasteiger partial charge in [-0.3, -0.25) is 0 Å². The first-order chi connectivity index (χ1) is 10.9. The third-order valence-electron chi connectivity index (χ3n) is 3.38. The molecule has 0 aliphatic carbocycles. The van der Waals surface area contributed by atoms with Crippen LogP contribution in [-0.2, 0) is 32.2 Å². The van der Waals surface area contributed by atoms with Crippen molar-refractivity contribution in [1.82, 2.24) is 0 Å². The lowest BCUT2D eigenvalue weighted by Crippen LogP contribution is -2.32. The van der Waals surface area contributed by atoms with Gasteiger partial charge in [0.15, 0.2) is 0 Å². The summed E-state index contributed by atoms with van der Waals surface area (Å²) in [6.45, 7) is 2.07. The largest absolute Gasteiger partial charge is 0.346 e. The second kappa shape index (κ2) is 8.06. The molecule has 4 heteroatoms. The Morgan fingerprint density at radius 2 is 1.23 bits per heavy atom. The van der Waals surface area contributed by atoms with Crippen molar-refractivity contribution >= 4 is 0 Å². The number of hydrogen-bond donors (Lipinski definition) is 0. The normalized spacial score (nSPS) is 15.5. The average Bonchev–Trinajstić information content (AvgIpc) is 3.11. The van der Waals surface area contributed by atoms with Gasteiger partial charge in [-0.15, -0.1) is 0 Å². The van der Waals surface area contributed by atoms with Gasteiger partial charge in [-0.1, -0.05) is 60.7 Å². The second-order valence-corrected chi connectivity index (χ2v) is 5.07. The maximum atomic E-state index is 5.86. The van der Waals surface area contributed by atoms with Crippen LogP contribution >= 0.6 is 0 Å². The Kier molecular flexibility index (Phi) is 5.56. The van der Waals surface area contributed by atoms with E-state index >= 15 is 0 Å². The summed E-state index contributed by atoms with van der Waals surface area (Å²) >= 11 is 0. The number of hydrogen-bond acceptors (Lipinski definition) is 4. The maximum absolute atomic E-state index is 5.86. The monoisotopic (exact) mass is 300 g/mol. The van der Waals surface area contributed by atoms with Gasteiger partial charge in [0.25, 0.3) is 0 Å². The predicted octanol–water partition coefficient (Wildman–Crippen LogP) is 3.12. The van der Waals surface area contributed by atoms with Crippen LogP contribution in [0.25, 0.3) is 0 Å². The van der Waals surface area contributed by atoms with Gasteiger partial charge in [0.05, 0.1) is 26.4 Å². The molecule has 3 rings (SSSR count). The van der Waals surface area contributed by atoms with Crippen molar-refractivity contribution in [1.29, 1.82) is 0 Å². The fourth-order valence-electron chi connectivity index (χ4n) is 2.24. The van der Waals surface area contributed by atoms with Gasteiger partial charge < -0.3 is 18.9 Å². The molecule has 116 valence electrons. The van der Waals surface area contributed by atoms with E-state index in [1.54, 1.807) is 0 Å². The molecule has 22 heavy (non-hydrogen) atoms. The third kappa shape index (κ3) is 4.39. The summed E-state index contributed by atoms with van der Waals surface area (Å²) in [7, 11) is 0. The number of rotatable bonds is 7. The van der Waals surface area contributed by atoms with Gasteiger partial charge in [-0.2, -0.15) is 0 Å². The molecule has 1 heterocycles. The van der Waals surface area contributed by atoms with Crippen molar-refractivity contribution in [2.75, 3.05) is 13.2 Å². The van der Waals surface area contributed by atoms with Gasteiger partial charge >= 0.3 is 0 Å².